The van der Waals surface area contributed by atoms with Crippen LogP contribution in [0.3, 0.4) is 0 Å². The molecule has 1 heterocycles. The predicted octanol–water partition coefficient (Wildman–Crippen LogP) is 5.42. The number of aromatic nitrogens is 2. The average Bonchev–Trinajstić information content (AvgIpc) is 2.82. The van der Waals surface area contributed by atoms with Gasteiger partial charge < -0.3 is 15.0 Å². The number of carbonyl (C=O) groups excluding carboxylic acids is 1. The number of amides is 1. The van der Waals surface area contributed by atoms with Gasteiger partial charge in [-0.15, -0.1) is 0 Å². The molecule has 4 rings (SSSR count). The minimum atomic E-state index is -5.12. The second kappa shape index (κ2) is 11.1. The zero-order chi connectivity index (χ0) is 28.5. The Balaban J connectivity index is 1.43. The molecule has 6 nitrogen and oxygen atoms in total. The Morgan fingerprint density at radius 3 is 2.41 bits per heavy atom. The van der Waals surface area contributed by atoms with Crippen LogP contribution in [0.2, 0.25) is 0 Å². The van der Waals surface area contributed by atoms with E-state index in [1.807, 2.05) is 4.98 Å². The first kappa shape index (κ1) is 28.2. The van der Waals surface area contributed by atoms with Crippen molar-refractivity contribution in [3.63, 3.8) is 0 Å². The molecule has 1 aromatic heterocycles. The third-order valence-corrected chi connectivity index (χ3v) is 6.16. The molecule has 2 N–H and O–H groups in total. The van der Waals surface area contributed by atoms with Crippen molar-refractivity contribution in [3.05, 3.63) is 86.6 Å². The Hall–Kier alpha value is -3.81. The molecule has 39 heavy (non-hydrogen) atoms. The number of nitrogens with one attached hydrogen (secondary N) is 2. The maximum atomic E-state index is 15.3. The van der Waals surface area contributed by atoms with Gasteiger partial charge in [0.15, 0.2) is 0 Å². The van der Waals surface area contributed by atoms with E-state index in [0.717, 1.165) is 12.1 Å². The summed E-state index contributed by atoms with van der Waals surface area (Å²) in [5.74, 6) is -5.16. The molecule has 1 fully saturated rings. The number of carbonyl (C=O) groups is 1. The van der Waals surface area contributed by atoms with E-state index >= 15 is 4.39 Å². The summed E-state index contributed by atoms with van der Waals surface area (Å²) in [6.07, 6.45) is -8.34. The fraction of sp³-hybridized carbons (Fsp3) is 0.320. The van der Waals surface area contributed by atoms with Crippen LogP contribution in [0.5, 0.6) is 0 Å². The van der Waals surface area contributed by atoms with E-state index in [0.29, 0.717) is 18.2 Å². The largest absolute Gasteiger partial charge is 0.417 e. The summed E-state index contributed by atoms with van der Waals surface area (Å²) in [5.41, 5.74) is -5.40. The van der Waals surface area contributed by atoms with Crippen LogP contribution in [0, 0.1) is 23.4 Å². The van der Waals surface area contributed by atoms with E-state index in [4.69, 9.17) is 4.74 Å². The second-order valence-electron chi connectivity index (χ2n) is 8.83. The summed E-state index contributed by atoms with van der Waals surface area (Å²) in [7, 11) is 0. The molecule has 0 bridgehead atoms. The van der Waals surface area contributed by atoms with Crippen LogP contribution in [0.1, 0.15) is 41.7 Å². The number of halogens is 8. The first-order valence-corrected chi connectivity index (χ1v) is 11.4. The van der Waals surface area contributed by atoms with Crippen molar-refractivity contribution in [2.45, 2.75) is 44.7 Å². The van der Waals surface area contributed by atoms with Gasteiger partial charge in [0.05, 0.1) is 23.8 Å². The molecule has 0 unspecified atom stereocenters. The summed E-state index contributed by atoms with van der Waals surface area (Å²) in [6, 6.07) is 4.68. The van der Waals surface area contributed by atoms with E-state index < -0.39 is 88.3 Å². The van der Waals surface area contributed by atoms with Gasteiger partial charge in [-0.05, 0) is 25.0 Å². The summed E-state index contributed by atoms with van der Waals surface area (Å²) < 4.78 is 114. The fourth-order valence-corrected chi connectivity index (χ4v) is 4.02. The highest BCUT2D eigenvalue weighted by atomic mass is 19.4. The van der Waals surface area contributed by atoms with Crippen LogP contribution in [0.4, 0.5) is 35.1 Å². The van der Waals surface area contributed by atoms with Gasteiger partial charge in [0.1, 0.15) is 29.0 Å². The number of alkyl halides is 5. The van der Waals surface area contributed by atoms with E-state index in [1.54, 1.807) is 0 Å². The Bertz CT molecular complexity index is 1440. The Kier molecular flexibility index (Phi) is 8.04. The zero-order valence-electron chi connectivity index (χ0n) is 19.7. The normalized spacial score (nSPS) is 17.3. The van der Waals surface area contributed by atoms with Gasteiger partial charge in [-0.3, -0.25) is 9.59 Å². The van der Waals surface area contributed by atoms with Crippen molar-refractivity contribution in [1.82, 2.24) is 15.3 Å². The van der Waals surface area contributed by atoms with Gasteiger partial charge in [-0.25, -0.2) is 26.9 Å². The number of H-pyrrole nitrogens is 1. The zero-order valence-corrected chi connectivity index (χ0v) is 19.7. The van der Waals surface area contributed by atoms with Crippen LogP contribution in [0.15, 0.2) is 41.2 Å². The number of rotatable bonds is 8. The Morgan fingerprint density at radius 2 is 1.77 bits per heavy atom. The standard InChI is InChI=1S/C25H19F8N3O3/c26-14-3-1-12(17(27)7-14)10-39-15-5-13(6-15)24(38)34-9-11-2-4-16(25(31,32)33)20(21(11)28)23-35-18(22(29)30)8-19(37)36-23/h1-4,7-8,13,15,22H,5-6,9-10H2,(H,34,38)(H,35,36,37). The Morgan fingerprint density at radius 1 is 1.08 bits per heavy atom. The maximum absolute atomic E-state index is 15.3. The highest BCUT2D eigenvalue weighted by Gasteiger charge is 2.38. The van der Waals surface area contributed by atoms with Crippen molar-refractivity contribution in [3.8, 4) is 11.4 Å². The monoisotopic (exact) mass is 561 g/mol. The van der Waals surface area contributed by atoms with Gasteiger partial charge in [-0.1, -0.05) is 12.1 Å². The first-order valence-electron chi connectivity index (χ1n) is 11.4. The van der Waals surface area contributed by atoms with Gasteiger partial charge in [-0.2, -0.15) is 13.2 Å². The average molecular weight is 561 g/mol. The second-order valence-corrected chi connectivity index (χ2v) is 8.83. The van der Waals surface area contributed by atoms with E-state index in [-0.39, 0.29) is 25.0 Å². The molecular formula is C25H19F8N3O3. The third kappa shape index (κ3) is 6.44. The smallest absolute Gasteiger partial charge is 0.373 e. The topological polar surface area (TPSA) is 84.1 Å². The molecular weight excluding hydrogens is 542 g/mol. The molecule has 0 radical (unpaired) electrons. The molecule has 1 saturated carbocycles. The van der Waals surface area contributed by atoms with Crippen molar-refractivity contribution in [2.75, 3.05) is 0 Å². The van der Waals surface area contributed by atoms with Gasteiger partial charge in [0.25, 0.3) is 12.0 Å². The number of ether oxygens (including phenoxy) is 1. The van der Waals surface area contributed by atoms with E-state index in [1.165, 1.54) is 6.07 Å². The molecule has 3 aromatic rings. The summed E-state index contributed by atoms with van der Waals surface area (Å²) in [4.78, 5) is 29.3. The molecule has 1 aliphatic carbocycles. The predicted molar refractivity (Wildman–Crippen MR) is 120 cm³/mol. The van der Waals surface area contributed by atoms with Crippen molar-refractivity contribution < 1.29 is 44.7 Å². The third-order valence-electron chi connectivity index (χ3n) is 6.16. The number of benzene rings is 2. The first-order chi connectivity index (χ1) is 18.3. The van der Waals surface area contributed by atoms with Gasteiger partial charge >= 0.3 is 6.18 Å². The van der Waals surface area contributed by atoms with Gasteiger partial charge in [0, 0.05) is 35.7 Å². The van der Waals surface area contributed by atoms with E-state index in [9.17, 15) is 40.3 Å². The maximum Gasteiger partial charge on any atom is 0.417 e. The molecule has 14 heteroatoms. The lowest BCUT2D eigenvalue weighted by molar-refractivity contribution is -0.137. The highest BCUT2D eigenvalue weighted by molar-refractivity contribution is 5.79. The van der Waals surface area contributed by atoms with Crippen LogP contribution >= 0.6 is 0 Å². The molecule has 0 saturated heterocycles. The lowest BCUT2D eigenvalue weighted by Crippen LogP contribution is -2.42. The lowest BCUT2D eigenvalue weighted by atomic mass is 9.81. The number of nitrogens with zero attached hydrogens (tertiary/aromatic N) is 1. The molecule has 1 amide bonds. The van der Waals surface area contributed by atoms with Crippen molar-refractivity contribution in [1.29, 1.82) is 0 Å². The minimum absolute atomic E-state index is 0.132. The number of hydrogen-bond acceptors (Lipinski definition) is 4. The highest BCUT2D eigenvalue weighted by Crippen LogP contribution is 2.39. The molecule has 1 aliphatic rings. The summed E-state index contributed by atoms with van der Waals surface area (Å²) in [5, 5.41) is 2.40. The lowest BCUT2D eigenvalue weighted by Gasteiger charge is -2.34. The molecule has 0 atom stereocenters. The minimum Gasteiger partial charge on any atom is -0.373 e. The fourth-order valence-electron chi connectivity index (χ4n) is 4.02. The summed E-state index contributed by atoms with van der Waals surface area (Å²) in [6.45, 7) is -0.690. The van der Waals surface area contributed by atoms with Crippen LogP contribution < -0.4 is 10.9 Å². The molecule has 208 valence electrons. The molecule has 0 spiro atoms. The van der Waals surface area contributed by atoms with Crippen LogP contribution in [-0.4, -0.2) is 22.0 Å². The number of hydrogen-bond donors (Lipinski definition) is 2. The Labute approximate surface area is 215 Å². The SMILES string of the molecule is O=C(NCc1ccc(C(F)(F)F)c(-c2nc(C(F)F)cc(=O)[nH]2)c1F)C1CC(OCc2ccc(F)cc2F)C1. The molecule has 2 aromatic carbocycles. The number of aromatic amines is 1. The quantitative estimate of drug-likeness (QED) is 0.360. The van der Waals surface area contributed by atoms with Crippen LogP contribution in [0.25, 0.3) is 11.4 Å². The van der Waals surface area contributed by atoms with E-state index in [2.05, 4.69) is 10.3 Å². The van der Waals surface area contributed by atoms with Crippen molar-refractivity contribution >= 4 is 5.91 Å². The van der Waals surface area contributed by atoms with Crippen LogP contribution in [-0.2, 0) is 28.9 Å². The molecule has 0 aliphatic heterocycles. The van der Waals surface area contributed by atoms with Gasteiger partial charge in [0.2, 0.25) is 5.91 Å². The summed E-state index contributed by atoms with van der Waals surface area (Å²) >= 11 is 0. The van der Waals surface area contributed by atoms with Crippen molar-refractivity contribution in [2.24, 2.45) is 5.92 Å².